The van der Waals surface area contributed by atoms with Gasteiger partial charge in [-0.05, 0) is 31.0 Å². The van der Waals surface area contributed by atoms with Crippen molar-refractivity contribution in [2.45, 2.75) is 26.5 Å². The molecule has 0 aliphatic carbocycles. The number of carbonyl (C=O) groups is 1. The van der Waals surface area contributed by atoms with Gasteiger partial charge in [0, 0.05) is 6.54 Å². The van der Waals surface area contributed by atoms with E-state index >= 15 is 0 Å². The summed E-state index contributed by atoms with van der Waals surface area (Å²) in [5.41, 5.74) is 7.31. The molecule has 0 aliphatic rings. The molecule has 0 amide bonds. The van der Waals surface area contributed by atoms with Crippen molar-refractivity contribution < 1.29 is 14.6 Å². The standard InChI is InChI=1S/C11H15NO3/c1-7-3-4-9(6-12)5-10(7)15-8(2)11(13)14/h3-5,8H,6,12H2,1-2H3,(H,13,14). The number of ether oxygens (including phenoxy) is 1. The molecule has 0 aliphatic heterocycles. The van der Waals surface area contributed by atoms with Crippen molar-refractivity contribution in [3.63, 3.8) is 0 Å². The van der Waals surface area contributed by atoms with Gasteiger partial charge in [-0.2, -0.15) is 0 Å². The minimum absolute atomic E-state index is 0.415. The van der Waals surface area contributed by atoms with E-state index in [1.807, 2.05) is 19.1 Å². The maximum atomic E-state index is 10.6. The third kappa shape index (κ3) is 2.95. The number of benzene rings is 1. The molecule has 0 bridgehead atoms. The molecule has 0 fully saturated rings. The van der Waals surface area contributed by atoms with Crippen molar-refractivity contribution in [3.8, 4) is 5.75 Å². The monoisotopic (exact) mass is 209 g/mol. The van der Waals surface area contributed by atoms with Gasteiger partial charge in [-0.3, -0.25) is 0 Å². The Hall–Kier alpha value is -1.55. The highest BCUT2D eigenvalue weighted by Gasteiger charge is 2.13. The number of aryl methyl sites for hydroxylation is 1. The lowest BCUT2D eigenvalue weighted by Gasteiger charge is -2.13. The molecule has 0 saturated carbocycles. The van der Waals surface area contributed by atoms with Crippen LogP contribution in [0.3, 0.4) is 0 Å². The maximum Gasteiger partial charge on any atom is 0.344 e. The Morgan fingerprint density at radius 1 is 1.60 bits per heavy atom. The normalized spacial score (nSPS) is 12.2. The molecule has 0 saturated heterocycles. The fraction of sp³-hybridized carbons (Fsp3) is 0.364. The van der Waals surface area contributed by atoms with E-state index in [4.69, 9.17) is 15.6 Å². The van der Waals surface area contributed by atoms with Crippen LogP contribution < -0.4 is 10.5 Å². The second-order valence-electron chi connectivity index (χ2n) is 3.40. The minimum atomic E-state index is -0.979. The lowest BCUT2D eigenvalue weighted by molar-refractivity contribution is -0.144. The SMILES string of the molecule is Cc1ccc(CN)cc1OC(C)C(=O)O. The number of rotatable bonds is 4. The fourth-order valence-electron chi connectivity index (χ4n) is 1.14. The molecule has 0 radical (unpaired) electrons. The van der Waals surface area contributed by atoms with Gasteiger partial charge in [0.25, 0.3) is 0 Å². The summed E-state index contributed by atoms with van der Waals surface area (Å²) in [5.74, 6) is -0.402. The van der Waals surface area contributed by atoms with E-state index < -0.39 is 12.1 Å². The summed E-state index contributed by atoms with van der Waals surface area (Å²) in [6.45, 7) is 3.78. The van der Waals surface area contributed by atoms with Crippen LogP contribution >= 0.6 is 0 Å². The third-order valence-electron chi connectivity index (χ3n) is 2.14. The molecule has 1 rings (SSSR count). The quantitative estimate of drug-likeness (QED) is 0.784. The Morgan fingerprint density at radius 3 is 2.80 bits per heavy atom. The summed E-state index contributed by atoms with van der Waals surface area (Å²) in [4.78, 5) is 10.6. The van der Waals surface area contributed by atoms with Crippen molar-refractivity contribution in [3.05, 3.63) is 29.3 Å². The highest BCUT2D eigenvalue weighted by Crippen LogP contribution is 2.20. The summed E-state index contributed by atoms with van der Waals surface area (Å²) >= 11 is 0. The Kier molecular flexibility index (Phi) is 3.68. The van der Waals surface area contributed by atoms with Crippen molar-refractivity contribution in [2.24, 2.45) is 5.73 Å². The van der Waals surface area contributed by atoms with E-state index in [0.717, 1.165) is 11.1 Å². The van der Waals surface area contributed by atoms with Gasteiger partial charge >= 0.3 is 5.97 Å². The first-order chi connectivity index (χ1) is 7.04. The molecule has 1 aromatic carbocycles. The lowest BCUT2D eigenvalue weighted by atomic mass is 10.1. The highest BCUT2D eigenvalue weighted by atomic mass is 16.5. The van der Waals surface area contributed by atoms with Crippen LogP contribution in [0.25, 0.3) is 0 Å². The molecule has 15 heavy (non-hydrogen) atoms. The van der Waals surface area contributed by atoms with E-state index in [-0.39, 0.29) is 0 Å². The van der Waals surface area contributed by atoms with Gasteiger partial charge in [0.2, 0.25) is 0 Å². The van der Waals surface area contributed by atoms with Gasteiger partial charge in [0.05, 0.1) is 0 Å². The van der Waals surface area contributed by atoms with Crippen molar-refractivity contribution in [1.29, 1.82) is 0 Å². The van der Waals surface area contributed by atoms with Gasteiger partial charge in [0.15, 0.2) is 6.10 Å². The Morgan fingerprint density at radius 2 is 2.27 bits per heavy atom. The van der Waals surface area contributed by atoms with Crippen LogP contribution in [0, 0.1) is 6.92 Å². The lowest BCUT2D eigenvalue weighted by Crippen LogP contribution is -2.23. The van der Waals surface area contributed by atoms with Crippen LogP contribution in [0.4, 0.5) is 0 Å². The zero-order valence-corrected chi connectivity index (χ0v) is 8.86. The van der Waals surface area contributed by atoms with E-state index in [0.29, 0.717) is 12.3 Å². The zero-order valence-electron chi connectivity index (χ0n) is 8.86. The second-order valence-corrected chi connectivity index (χ2v) is 3.40. The molecule has 4 heteroatoms. The summed E-state index contributed by atoms with van der Waals surface area (Å²) in [7, 11) is 0. The fourth-order valence-corrected chi connectivity index (χ4v) is 1.14. The molecule has 4 nitrogen and oxygen atoms in total. The molecule has 3 N–H and O–H groups in total. The van der Waals surface area contributed by atoms with Crippen LogP contribution in [0.1, 0.15) is 18.1 Å². The molecule has 1 atom stereocenters. The number of aliphatic carboxylic acids is 1. The van der Waals surface area contributed by atoms with E-state index in [9.17, 15) is 4.79 Å². The first-order valence-corrected chi connectivity index (χ1v) is 4.73. The van der Waals surface area contributed by atoms with Crippen LogP contribution in [0.15, 0.2) is 18.2 Å². The Bertz CT molecular complexity index is 363. The molecular weight excluding hydrogens is 194 g/mol. The Labute approximate surface area is 88.7 Å². The number of carboxylic acid groups (broad SMARTS) is 1. The first-order valence-electron chi connectivity index (χ1n) is 4.73. The van der Waals surface area contributed by atoms with Crippen LogP contribution in [0.5, 0.6) is 5.75 Å². The predicted molar refractivity (Wildman–Crippen MR) is 56.8 cm³/mol. The third-order valence-corrected chi connectivity index (χ3v) is 2.14. The first kappa shape index (κ1) is 11.5. The summed E-state index contributed by atoms with van der Waals surface area (Å²) in [5, 5.41) is 8.71. The average Bonchev–Trinajstić information content (AvgIpc) is 2.21. The average molecular weight is 209 g/mol. The molecule has 1 unspecified atom stereocenters. The van der Waals surface area contributed by atoms with Crippen LogP contribution in [-0.4, -0.2) is 17.2 Å². The van der Waals surface area contributed by atoms with Crippen molar-refractivity contribution in [2.75, 3.05) is 0 Å². The molecule has 0 spiro atoms. The smallest absolute Gasteiger partial charge is 0.344 e. The van der Waals surface area contributed by atoms with Crippen molar-refractivity contribution in [1.82, 2.24) is 0 Å². The van der Waals surface area contributed by atoms with E-state index in [1.165, 1.54) is 6.92 Å². The maximum absolute atomic E-state index is 10.6. The minimum Gasteiger partial charge on any atom is -0.479 e. The summed E-state index contributed by atoms with van der Waals surface area (Å²) in [6.07, 6.45) is -0.850. The van der Waals surface area contributed by atoms with Crippen LogP contribution in [-0.2, 0) is 11.3 Å². The van der Waals surface area contributed by atoms with Gasteiger partial charge in [-0.1, -0.05) is 12.1 Å². The summed E-state index contributed by atoms with van der Waals surface area (Å²) < 4.78 is 5.29. The van der Waals surface area contributed by atoms with Gasteiger partial charge in [0.1, 0.15) is 5.75 Å². The summed E-state index contributed by atoms with van der Waals surface area (Å²) in [6, 6.07) is 5.54. The second kappa shape index (κ2) is 4.79. The van der Waals surface area contributed by atoms with Crippen molar-refractivity contribution >= 4 is 5.97 Å². The molecule has 1 aromatic rings. The van der Waals surface area contributed by atoms with E-state index in [1.54, 1.807) is 6.07 Å². The van der Waals surface area contributed by atoms with E-state index in [2.05, 4.69) is 0 Å². The van der Waals surface area contributed by atoms with Gasteiger partial charge < -0.3 is 15.6 Å². The number of hydrogen-bond acceptors (Lipinski definition) is 3. The molecule has 0 aromatic heterocycles. The Balaban J connectivity index is 2.88. The zero-order chi connectivity index (χ0) is 11.4. The predicted octanol–water partition coefficient (Wildman–Crippen LogP) is 1.31. The highest BCUT2D eigenvalue weighted by molar-refractivity contribution is 5.72. The molecule has 82 valence electrons. The largest absolute Gasteiger partial charge is 0.479 e. The van der Waals surface area contributed by atoms with Crippen LogP contribution in [0.2, 0.25) is 0 Å². The molecule has 0 heterocycles. The number of nitrogens with two attached hydrogens (primary N) is 1. The number of hydrogen-bond donors (Lipinski definition) is 2. The van der Waals surface area contributed by atoms with Gasteiger partial charge in [-0.25, -0.2) is 4.79 Å². The topological polar surface area (TPSA) is 72.5 Å². The molecular formula is C11H15NO3. The van der Waals surface area contributed by atoms with Gasteiger partial charge in [-0.15, -0.1) is 0 Å². The number of carboxylic acids is 1.